The van der Waals surface area contributed by atoms with Crippen molar-refractivity contribution in [1.82, 2.24) is 0 Å². The van der Waals surface area contributed by atoms with Gasteiger partial charge in [-0.3, -0.25) is 0 Å². The van der Waals surface area contributed by atoms with Gasteiger partial charge in [0, 0.05) is 39.0 Å². The number of fused-ring (bicyclic) bond motifs is 3. The molecule has 11 rings (SSSR count). The van der Waals surface area contributed by atoms with Crippen molar-refractivity contribution >= 4 is 39.0 Å². The predicted molar refractivity (Wildman–Crippen MR) is 261 cm³/mol. The maximum atomic E-state index is 6.79. The van der Waals surface area contributed by atoms with E-state index in [2.05, 4.69) is 248 Å². The van der Waals surface area contributed by atoms with Crippen LogP contribution in [-0.2, 0) is 0 Å². The molecule has 1 heterocycles. The highest BCUT2D eigenvalue weighted by atomic mass is 16.3. The average Bonchev–Trinajstić information content (AvgIpc) is 3.75. The highest BCUT2D eigenvalue weighted by Gasteiger charge is 2.18. The number of hydrogen-bond donors (Lipinski definition) is 0. The average molecular weight is 792 g/mol. The molecule has 0 spiro atoms. The standard InChI is InChI=1S/C60H41NO/c1-5-15-42(16-6-1)43-27-34-50(35-28-43)61(51-36-29-44(30-37-51)49-33-40-53(45-17-7-2-8-18-45)58(41-49)47-21-11-4-12-22-47)52-38-31-48(32-39-52)55-24-14-26-57-56-25-13-23-54(59(56)62-60(55)57)46-19-9-3-10-20-46/h1-41H. The van der Waals surface area contributed by atoms with Gasteiger partial charge in [-0.2, -0.15) is 0 Å². The van der Waals surface area contributed by atoms with Gasteiger partial charge in [-0.15, -0.1) is 0 Å². The summed E-state index contributed by atoms with van der Waals surface area (Å²) in [4.78, 5) is 2.34. The van der Waals surface area contributed by atoms with Gasteiger partial charge in [-0.25, -0.2) is 0 Å². The Morgan fingerprint density at radius 2 is 0.565 bits per heavy atom. The van der Waals surface area contributed by atoms with Crippen molar-refractivity contribution in [2.24, 2.45) is 0 Å². The summed E-state index contributed by atoms with van der Waals surface area (Å²) in [6.45, 7) is 0. The molecule has 0 saturated heterocycles. The SMILES string of the molecule is c1ccc(-c2ccc(N(c3ccc(-c4ccc(-c5ccccc5)c(-c5ccccc5)c4)cc3)c3ccc(-c4cccc5c4oc4c(-c6ccccc6)cccc45)cc3)cc2)cc1. The first-order chi connectivity index (χ1) is 30.7. The molecule has 0 unspecified atom stereocenters. The summed E-state index contributed by atoms with van der Waals surface area (Å²) in [7, 11) is 0. The van der Waals surface area contributed by atoms with Gasteiger partial charge in [0.2, 0.25) is 0 Å². The second-order valence-corrected chi connectivity index (χ2v) is 15.7. The number of rotatable bonds is 9. The quantitative estimate of drug-likeness (QED) is 0.145. The van der Waals surface area contributed by atoms with Crippen molar-refractivity contribution < 1.29 is 4.42 Å². The monoisotopic (exact) mass is 791 g/mol. The van der Waals surface area contributed by atoms with E-state index >= 15 is 0 Å². The molecule has 0 fully saturated rings. The molecule has 0 aliphatic carbocycles. The van der Waals surface area contributed by atoms with Crippen LogP contribution in [0, 0.1) is 0 Å². The summed E-state index contributed by atoms with van der Waals surface area (Å²) in [6.07, 6.45) is 0. The molecule has 2 heteroatoms. The number of nitrogens with zero attached hydrogens (tertiary/aromatic N) is 1. The minimum Gasteiger partial charge on any atom is -0.455 e. The van der Waals surface area contributed by atoms with Gasteiger partial charge in [0.05, 0.1) is 0 Å². The lowest BCUT2D eigenvalue weighted by Gasteiger charge is -2.26. The van der Waals surface area contributed by atoms with Crippen molar-refractivity contribution in [2.75, 3.05) is 4.90 Å². The first-order valence-electron chi connectivity index (χ1n) is 21.2. The number of furan rings is 1. The van der Waals surface area contributed by atoms with Crippen molar-refractivity contribution in [3.63, 3.8) is 0 Å². The molecule has 0 N–H and O–H groups in total. The van der Waals surface area contributed by atoms with Crippen LogP contribution in [0.2, 0.25) is 0 Å². The van der Waals surface area contributed by atoms with Gasteiger partial charge in [0.25, 0.3) is 0 Å². The summed E-state index contributed by atoms with van der Waals surface area (Å²) < 4.78 is 6.79. The lowest BCUT2D eigenvalue weighted by molar-refractivity contribution is 0.671. The van der Waals surface area contributed by atoms with E-state index in [9.17, 15) is 0 Å². The molecule has 11 aromatic rings. The third-order valence-corrected chi connectivity index (χ3v) is 11.9. The third-order valence-electron chi connectivity index (χ3n) is 11.9. The lowest BCUT2D eigenvalue weighted by atomic mass is 9.91. The Bertz CT molecular complexity index is 3280. The Kier molecular flexibility index (Phi) is 9.57. The molecule has 0 saturated carbocycles. The Hall–Kier alpha value is -8.20. The smallest absolute Gasteiger partial charge is 0.143 e. The maximum Gasteiger partial charge on any atom is 0.143 e. The Balaban J connectivity index is 0.974. The van der Waals surface area contributed by atoms with Gasteiger partial charge < -0.3 is 9.32 Å². The summed E-state index contributed by atoms with van der Waals surface area (Å²) in [5.74, 6) is 0. The van der Waals surface area contributed by atoms with Crippen LogP contribution in [0.25, 0.3) is 88.7 Å². The fraction of sp³-hybridized carbons (Fsp3) is 0. The first kappa shape index (κ1) is 36.8. The Morgan fingerprint density at radius 1 is 0.226 bits per heavy atom. The van der Waals surface area contributed by atoms with E-state index in [1.165, 1.54) is 38.9 Å². The van der Waals surface area contributed by atoms with Gasteiger partial charge in [-0.1, -0.05) is 206 Å². The third kappa shape index (κ3) is 6.94. The number of benzene rings is 10. The number of hydrogen-bond acceptors (Lipinski definition) is 2. The van der Waals surface area contributed by atoms with Crippen molar-refractivity contribution in [2.45, 2.75) is 0 Å². The highest BCUT2D eigenvalue weighted by molar-refractivity contribution is 6.13. The van der Waals surface area contributed by atoms with Gasteiger partial charge in [0.1, 0.15) is 11.2 Å². The molecular formula is C60H41NO. The van der Waals surface area contributed by atoms with E-state index in [4.69, 9.17) is 4.42 Å². The lowest BCUT2D eigenvalue weighted by Crippen LogP contribution is -2.09. The molecule has 292 valence electrons. The van der Waals surface area contributed by atoms with Crippen LogP contribution in [0.3, 0.4) is 0 Å². The van der Waals surface area contributed by atoms with Crippen molar-refractivity contribution in [3.8, 4) is 66.8 Å². The molecular weight excluding hydrogens is 751 g/mol. The largest absolute Gasteiger partial charge is 0.455 e. The minimum atomic E-state index is 0.898. The molecule has 0 atom stereocenters. The topological polar surface area (TPSA) is 16.4 Å². The van der Waals surface area contributed by atoms with Crippen LogP contribution >= 0.6 is 0 Å². The maximum absolute atomic E-state index is 6.79. The van der Waals surface area contributed by atoms with E-state index in [0.29, 0.717) is 0 Å². The summed E-state index contributed by atoms with van der Waals surface area (Å²) >= 11 is 0. The predicted octanol–water partition coefficient (Wildman–Crippen LogP) is 17.1. The van der Waals surface area contributed by atoms with E-state index < -0.39 is 0 Å². The molecule has 0 aliphatic heterocycles. The van der Waals surface area contributed by atoms with Crippen LogP contribution in [0.1, 0.15) is 0 Å². The van der Waals surface area contributed by atoms with Crippen LogP contribution in [0.5, 0.6) is 0 Å². The molecule has 62 heavy (non-hydrogen) atoms. The zero-order valence-corrected chi connectivity index (χ0v) is 34.0. The molecule has 2 nitrogen and oxygen atoms in total. The number of anilines is 3. The Morgan fingerprint density at radius 3 is 1.03 bits per heavy atom. The minimum absolute atomic E-state index is 0.898. The van der Waals surface area contributed by atoms with Crippen molar-refractivity contribution in [3.05, 3.63) is 249 Å². The van der Waals surface area contributed by atoms with Crippen LogP contribution in [0.4, 0.5) is 17.1 Å². The zero-order valence-electron chi connectivity index (χ0n) is 34.0. The fourth-order valence-electron chi connectivity index (χ4n) is 8.82. The molecule has 0 aliphatic rings. The van der Waals surface area contributed by atoms with Gasteiger partial charge >= 0.3 is 0 Å². The van der Waals surface area contributed by atoms with Crippen LogP contribution in [0.15, 0.2) is 253 Å². The molecule has 0 bridgehead atoms. The highest BCUT2D eigenvalue weighted by Crippen LogP contribution is 2.42. The van der Waals surface area contributed by atoms with E-state index in [-0.39, 0.29) is 0 Å². The van der Waals surface area contributed by atoms with E-state index in [1.54, 1.807) is 0 Å². The summed E-state index contributed by atoms with van der Waals surface area (Å²) in [5, 5.41) is 2.24. The summed E-state index contributed by atoms with van der Waals surface area (Å²) in [5.41, 5.74) is 19.0. The second kappa shape index (κ2) is 16.1. The normalized spacial score (nSPS) is 11.2. The van der Waals surface area contributed by atoms with Crippen molar-refractivity contribution in [1.29, 1.82) is 0 Å². The second-order valence-electron chi connectivity index (χ2n) is 15.7. The fourth-order valence-corrected chi connectivity index (χ4v) is 8.82. The molecule has 0 amide bonds. The number of para-hydroxylation sites is 2. The molecule has 0 radical (unpaired) electrons. The van der Waals surface area contributed by atoms with Crippen LogP contribution < -0.4 is 4.90 Å². The Labute approximate surface area is 362 Å². The van der Waals surface area contributed by atoms with E-state index in [1.807, 2.05) is 6.07 Å². The summed E-state index contributed by atoms with van der Waals surface area (Å²) in [6, 6.07) is 88.8. The van der Waals surface area contributed by atoms with Crippen LogP contribution in [-0.4, -0.2) is 0 Å². The first-order valence-corrected chi connectivity index (χ1v) is 21.2. The van der Waals surface area contributed by atoms with Gasteiger partial charge in [0.15, 0.2) is 0 Å². The molecule has 10 aromatic carbocycles. The van der Waals surface area contributed by atoms with E-state index in [0.717, 1.165) is 66.8 Å². The zero-order chi connectivity index (χ0) is 41.2. The molecule has 1 aromatic heterocycles. The van der Waals surface area contributed by atoms with Gasteiger partial charge in [-0.05, 0) is 98.1 Å².